The summed E-state index contributed by atoms with van der Waals surface area (Å²) in [5, 5.41) is 1.90. The van der Waals surface area contributed by atoms with Crippen LogP contribution in [0.2, 0.25) is 0 Å². The van der Waals surface area contributed by atoms with Crippen LogP contribution < -0.4 is 0 Å². The van der Waals surface area contributed by atoms with E-state index in [2.05, 4.69) is 4.98 Å². The largest absolute Gasteiger partial charge is 0.350 e. The number of hydrogen-bond donors (Lipinski definition) is 0. The van der Waals surface area contributed by atoms with Crippen LogP contribution in [0.25, 0.3) is 10.8 Å². The number of pyridine rings is 1. The Morgan fingerprint density at radius 1 is 1.22 bits per heavy atom. The van der Waals surface area contributed by atoms with Gasteiger partial charge in [-0.05, 0) is 5.39 Å². The Morgan fingerprint density at radius 2 is 2.00 bits per heavy atom. The van der Waals surface area contributed by atoms with Gasteiger partial charge in [-0.25, -0.2) is 0 Å². The Labute approximate surface area is 105 Å². The second-order valence-corrected chi connectivity index (χ2v) is 4.21. The number of rotatable bonds is 3. The van der Waals surface area contributed by atoms with Crippen molar-refractivity contribution in [1.29, 1.82) is 0 Å². The SMILES string of the molecule is O=C(CC1OCCO1)c1cncc2ccccc12. The zero-order valence-electron chi connectivity index (χ0n) is 9.83. The van der Waals surface area contributed by atoms with Gasteiger partial charge < -0.3 is 9.47 Å². The van der Waals surface area contributed by atoms with Gasteiger partial charge in [0.2, 0.25) is 0 Å². The fraction of sp³-hybridized carbons (Fsp3) is 0.286. The fourth-order valence-electron chi connectivity index (χ4n) is 2.13. The predicted octanol–water partition coefficient (Wildman–Crippen LogP) is 2.18. The third kappa shape index (κ3) is 2.12. The Hall–Kier alpha value is -1.78. The Morgan fingerprint density at radius 3 is 2.83 bits per heavy atom. The minimum atomic E-state index is -0.406. The molecular formula is C14H13NO3. The molecule has 1 saturated heterocycles. The molecule has 4 heteroatoms. The third-order valence-electron chi connectivity index (χ3n) is 3.01. The quantitative estimate of drug-likeness (QED) is 0.775. The summed E-state index contributed by atoms with van der Waals surface area (Å²) in [6.45, 7) is 1.12. The minimum absolute atomic E-state index is 0.00574. The monoisotopic (exact) mass is 243 g/mol. The van der Waals surface area contributed by atoms with E-state index >= 15 is 0 Å². The van der Waals surface area contributed by atoms with Crippen molar-refractivity contribution in [3.8, 4) is 0 Å². The number of ketones is 1. The van der Waals surface area contributed by atoms with Crippen molar-refractivity contribution in [3.63, 3.8) is 0 Å². The zero-order valence-corrected chi connectivity index (χ0v) is 9.83. The number of aromatic nitrogens is 1. The topological polar surface area (TPSA) is 48.4 Å². The van der Waals surface area contributed by atoms with Crippen molar-refractivity contribution in [2.45, 2.75) is 12.7 Å². The van der Waals surface area contributed by atoms with E-state index in [-0.39, 0.29) is 12.2 Å². The van der Waals surface area contributed by atoms with E-state index in [4.69, 9.17) is 9.47 Å². The number of Topliss-reactive ketones (excluding diaryl/α,β-unsaturated/α-hetero) is 1. The summed E-state index contributed by atoms with van der Waals surface area (Å²) < 4.78 is 10.6. The molecule has 0 unspecified atom stereocenters. The molecule has 0 bridgehead atoms. The van der Waals surface area contributed by atoms with Crippen molar-refractivity contribution in [1.82, 2.24) is 4.98 Å². The van der Waals surface area contributed by atoms with Gasteiger partial charge in [0.1, 0.15) is 0 Å². The molecule has 2 aromatic rings. The highest BCUT2D eigenvalue weighted by Crippen LogP contribution is 2.20. The Balaban J connectivity index is 1.91. The van der Waals surface area contributed by atoms with Crippen molar-refractivity contribution < 1.29 is 14.3 Å². The first-order chi connectivity index (χ1) is 8.84. The summed E-state index contributed by atoms with van der Waals surface area (Å²) in [4.78, 5) is 16.3. The van der Waals surface area contributed by atoms with E-state index in [1.54, 1.807) is 12.4 Å². The van der Waals surface area contributed by atoms with Crippen LogP contribution in [-0.2, 0) is 9.47 Å². The molecule has 4 nitrogen and oxygen atoms in total. The molecule has 0 N–H and O–H groups in total. The highest BCUT2D eigenvalue weighted by atomic mass is 16.7. The highest BCUT2D eigenvalue weighted by Gasteiger charge is 2.21. The third-order valence-corrected chi connectivity index (χ3v) is 3.01. The normalized spacial score (nSPS) is 16.2. The van der Waals surface area contributed by atoms with Crippen LogP contribution in [0.3, 0.4) is 0 Å². The Bertz CT molecular complexity index is 571. The summed E-state index contributed by atoms with van der Waals surface area (Å²) in [7, 11) is 0. The van der Waals surface area contributed by atoms with Gasteiger partial charge in [0.25, 0.3) is 0 Å². The fourth-order valence-corrected chi connectivity index (χ4v) is 2.13. The lowest BCUT2D eigenvalue weighted by atomic mass is 10.0. The lowest BCUT2D eigenvalue weighted by Gasteiger charge is -2.09. The molecule has 1 aromatic heterocycles. The van der Waals surface area contributed by atoms with E-state index in [9.17, 15) is 4.79 Å². The molecule has 2 heterocycles. The predicted molar refractivity (Wildman–Crippen MR) is 66.4 cm³/mol. The summed E-state index contributed by atoms with van der Waals surface area (Å²) in [5.41, 5.74) is 0.632. The minimum Gasteiger partial charge on any atom is -0.350 e. The average molecular weight is 243 g/mol. The maximum Gasteiger partial charge on any atom is 0.170 e. The van der Waals surface area contributed by atoms with Gasteiger partial charge >= 0.3 is 0 Å². The first-order valence-corrected chi connectivity index (χ1v) is 5.94. The van der Waals surface area contributed by atoms with Crippen molar-refractivity contribution in [2.75, 3.05) is 13.2 Å². The lowest BCUT2D eigenvalue weighted by Crippen LogP contribution is -2.14. The smallest absolute Gasteiger partial charge is 0.170 e. The van der Waals surface area contributed by atoms with Gasteiger partial charge in [-0.3, -0.25) is 9.78 Å². The van der Waals surface area contributed by atoms with Crippen LogP contribution in [0.15, 0.2) is 36.7 Å². The van der Waals surface area contributed by atoms with Crippen molar-refractivity contribution >= 4 is 16.6 Å². The number of fused-ring (bicyclic) bond motifs is 1. The molecule has 92 valence electrons. The molecule has 0 atom stereocenters. The summed E-state index contributed by atoms with van der Waals surface area (Å²) in [6, 6.07) is 7.73. The van der Waals surface area contributed by atoms with Gasteiger partial charge in [-0.2, -0.15) is 0 Å². The first kappa shape index (κ1) is 11.3. The van der Waals surface area contributed by atoms with Crippen molar-refractivity contribution in [3.05, 3.63) is 42.2 Å². The molecule has 1 fully saturated rings. The molecule has 1 aliphatic rings. The second kappa shape index (κ2) is 4.84. The van der Waals surface area contributed by atoms with Crippen LogP contribution in [0, 0.1) is 0 Å². The first-order valence-electron chi connectivity index (χ1n) is 5.94. The Kier molecular flexibility index (Phi) is 3.04. The second-order valence-electron chi connectivity index (χ2n) is 4.21. The summed E-state index contributed by atoms with van der Waals surface area (Å²) >= 11 is 0. The summed E-state index contributed by atoms with van der Waals surface area (Å²) in [5.74, 6) is 0.00574. The number of ether oxygens (including phenoxy) is 2. The summed E-state index contributed by atoms with van der Waals surface area (Å²) in [6.07, 6.45) is 3.21. The van der Waals surface area contributed by atoms with Crippen LogP contribution in [-0.4, -0.2) is 30.3 Å². The van der Waals surface area contributed by atoms with Crippen molar-refractivity contribution in [2.24, 2.45) is 0 Å². The average Bonchev–Trinajstić information content (AvgIpc) is 2.91. The van der Waals surface area contributed by atoms with Crippen LogP contribution >= 0.6 is 0 Å². The van der Waals surface area contributed by atoms with Gasteiger partial charge in [0.15, 0.2) is 12.1 Å². The molecular weight excluding hydrogens is 230 g/mol. The van der Waals surface area contributed by atoms with Gasteiger partial charge in [0.05, 0.1) is 19.6 Å². The number of carbonyl (C=O) groups is 1. The highest BCUT2D eigenvalue weighted by molar-refractivity contribution is 6.07. The van der Waals surface area contributed by atoms with E-state index < -0.39 is 6.29 Å². The standard InChI is InChI=1S/C14H13NO3/c16-13(7-14-17-5-6-18-14)12-9-15-8-10-3-1-2-4-11(10)12/h1-4,8-9,14H,5-7H2. The van der Waals surface area contributed by atoms with Gasteiger partial charge in [-0.15, -0.1) is 0 Å². The molecule has 0 amide bonds. The van der Waals surface area contributed by atoms with Crippen LogP contribution in [0.5, 0.6) is 0 Å². The van der Waals surface area contributed by atoms with E-state index in [1.165, 1.54) is 0 Å². The maximum absolute atomic E-state index is 12.2. The maximum atomic E-state index is 12.2. The number of carbonyl (C=O) groups excluding carboxylic acids is 1. The van der Waals surface area contributed by atoms with E-state index in [1.807, 2.05) is 24.3 Å². The number of hydrogen-bond acceptors (Lipinski definition) is 4. The number of nitrogens with zero attached hydrogens (tertiary/aromatic N) is 1. The molecule has 18 heavy (non-hydrogen) atoms. The molecule has 0 aliphatic carbocycles. The van der Waals surface area contributed by atoms with E-state index in [0.717, 1.165) is 10.8 Å². The number of benzene rings is 1. The van der Waals surface area contributed by atoms with Gasteiger partial charge in [0, 0.05) is 23.3 Å². The molecule has 3 rings (SSSR count). The zero-order chi connectivity index (χ0) is 12.4. The molecule has 1 aromatic carbocycles. The van der Waals surface area contributed by atoms with Crippen LogP contribution in [0.1, 0.15) is 16.8 Å². The van der Waals surface area contributed by atoms with E-state index in [0.29, 0.717) is 18.8 Å². The molecule has 0 saturated carbocycles. The molecule has 0 spiro atoms. The van der Waals surface area contributed by atoms with Crippen LogP contribution in [0.4, 0.5) is 0 Å². The lowest BCUT2D eigenvalue weighted by molar-refractivity contribution is -0.0407. The van der Waals surface area contributed by atoms with Gasteiger partial charge in [-0.1, -0.05) is 24.3 Å². The molecule has 0 radical (unpaired) electrons. The molecule has 1 aliphatic heterocycles.